The molecular weight excluding hydrogens is 217 g/mol. The van der Waals surface area contributed by atoms with Gasteiger partial charge in [0.2, 0.25) is 0 Å². The summed E-state index contributed by atoms with van der Waals surface area (Å²) in [6.07, 6.45) is 1.66. The molecule has 0 saturated heterocycles. The van der Waals surface area contributed by atoms with Gasteiger partial charge in [0.1, 0.15) is 0 Å². The van der Waals surface area contributed by atoms with E-state index in [1.54, 1.807) is 18.2 Å². The van der Waals surface area contributed by atoms with Crippen LogP contribution >= 0.6 is 0 Å². The fraction of sp³-hybridized carbons (Fsp3) is 0. The predicted octanol–water partition coefficient (Wildman–Crippen LogP) is -7.25. The molecular formula is C8H7BK2O2. The van der Waals surface area contributed by atoms with Crippen molar-refractivity contribution in [1.82, 2.24) is 0 Å². The molecule has 0 unspecified atom stereocenters. The first-order valence-corrected chi connectivity index (χ1v) is 3.28. The van der Waals surface area contributed by atoms with Crippen molar-refractivity contribution in [3.8, 4) is 0 Å². The quantitative estimate of drug-likeness (QED) is 0.469. The van der Waals surface area contributed by atoms with E-state index in [-0.39, 0.29) is 108 Å². The van der Waals surface area contributed by atoms with Crippen LogP contribution in [0.3, 0.4) is 0 Å². The maximum atomic E-state index is 10.3. The zero-order chi connectivity index (χ0) is 8.27. The van der Waals surface area contributed by atoms with Gasteiger partial charge >= 0.3 is 103 Å². The van der Waals surface area contributed by atoms with Gasteiger partial charge < -0.3 is 10.0 Å². The minimum Gasteiger partial charge on any atom is -0.889 e. The van der Waals surface area contributed by atoms with E-state index in [2.05, 4.69) is 6.58 Å². The van der Waals surface area contributed by atoms with Gasteiger partial charge in [0, 0.05) is 0 Å². The van der Waals surface area contributed by atoms with Crippen molar-refractivity contribution >= 4 is 18.7 Å². The molecule has 0 saturated carbocycles. The molecule has 0 aromatic heterocycles. The van der Waals surface area contributed by atoms with Crippen molar-refractivity contribution in [3.05, 3.63) is 36.4 Å². The molecule has 1 aromatic carbocycles. The van der Waals surface area contributed by atoms with E-state index >= 15 is 0 Å². The van der Waals surface area contributed by atoms with Crippen molar-refractivity contribution in [1.29, 1.82) is 0 Å². The van der Waals surface area contributed by atoms with E-state index in [4.69, 9.17) is 0 Å². The van der Waals surface area contributed by atoms with Gasteiger partial charge in [-0.15, -0.1) is 5.46 Å². The average Bonchev–Trinajstić information content (AvgIpc) is 2.05. The topological polar surface area (TPSA) is 46.1 Å². The van der Waals surface area contributed by atoms with E-state index in [9.17, 15) is 10.0 Å². The zero-order valence-corrected chi connectivity index (χ0v) is 14.2. The molecule has 0 aliphatic carbocycles. The summed E-state index contributed by atoms with van der Waals surface area (Å²) in [6, 6.07) is 6.46. The first kappa shape index (κ1) is 17.6. The molecule has 0 aliphatic heterocycles. The molecule has 0 radical (unpaired) electrons. The second kappa shape index (κ2) is 9.44. The van der Waals surface area contributed by atoms with Crippen LogP contribution in [0.2, 0.25) is 0 Å². The van der Waals surface area contributed by atoms with Crippen LogP contribution in [0.4, 0.5) is 0 Å². The third-order valence-corrected chi connectivity index (χ3v) is 1.44. The Balaban J connectivity index is 0. The van der Waals surface area contributed by atoms with E-state index in [1.165, 1.54) is 12.1 Å². The molecule has 0 heterocycles. The van der Waals surface area contributed by atoms with Gasteiger partial charge in [-0.3, -0.25) is 0 Å². The number of hydrogen-bond donors (Lipinski definition) is 0. The molecule has 0 fully saturated rings. The van der Waals surface area contributed by atoms with Crippen LogP contribution in [0.1, 0.15) is 5.56 Å². The summed E-state index contributed by atoms with van der Waals surface area (Å²) in [6.45, 7) is 3.55. The second-order valence-electron chi connectivity index (χ2n) is 2.20. The van der Waals surface area contributed by atoms with Gasteiger partial charge in [-0.05, 0) is 5.56 Å². The number of benzene rings is 1. The molecule has 0 spiro atoms. The van der Waals surface area contributed by atoms with Gasteiger partial charge in [-0.25, -0.2) is 0 Å². The molecule has 13 heavy (non-hydrogen) atoms. The summed E-state index contributed by atoms with van der Waals surface area (Å²) in [5.41, 5.74) is 1.19. The summed E-state index contributed by atoms with van der Waals surface area (Å²) in [7, 11) is -1.88. The maximum Gasteiger partial charge on any atom is 1.00 e. The largest absolute Gasteiger partial charge is 1.00 e. The summed E-state index contributed by atoms with van der Waals surface area (Å²) >= 11 is 0. The fourth-order valence-electron chi connectivity index (χ4n) is 0.789. The predicted molar refractivity (Wildman–Crippen MR) is 41.9 cm³/mol. The molecule has 5 heteroatoms. The smallest absolute Gasteiger partial charge is 0.889 e. The van der Waals surface area contributed by atoms with Crippen LogP contribution in [0.5, 0.6) is 0 Å². The summed E-state index contributed by atoms with van der Waals surface area (Å²) < 4.78 is 0. The third-order valence-electron chi connectivity index (χ3n) is 1.44. The second-order valence-corrected chi connectivity index (χ2v) is 2.20. The molecule has 0 amide bonds. The van der Waals surface area contributed by atoms with Gasteiger partial charge in [0.15, 0.2) is 0 Å². The minimum absolute atomic E-state index is 0. The van der Waals surface area contributed by atoms with Crippen molar-refractivity contribution in [3.63, 3.8) is 0 Å². The Labute approximate surface area is 164 Å². The van der Waals surface area contributed by atoms with Crippen LogP contribution in [-0.4, -0.2) is 7.12 Å². The van der Waals surface area contributed by atoms with E-state index in [0.29, 0.717) is 0 Å². The molecule has 0 atom stereocenters. The monoisotopic (exact) mass is 224 g/mol. The Morgan fingerprint density at radius 1 is 1.08 bits per heavy atom. The van der Waals surface area contributed by atoms with Crippen LogP contribution < -0.4 is 118 Å². The number of rotatable bonds is 2. The molecule has 1 aromatic rings. The minimum atomic E-state index is -1.88. The van der Waals surface area contributed by atoms with Gasteiger partial charge in [0.05, 0.1) is 0 Å². The van der Waals surface area contributed by atoms with Crippen molar-refractivity contribution in [2.75, 3.05) is 0 Å². The summed E-state index contributed by atoms with van der Waals surface area (Å²) in [4.78, 5) is 0. The average molecular weight is 224 g/mol. The molecule has 56 valence electrons. The van der Waals surface area contributed by atoms with E-state index < -0.39 is 7.12 Å². The maximum absolute atomic E-state index is 10.3. The van der Waals surface area contributed by atoms with E-state index in [0.717, 1.165) is 5.56 Å². The van der Waals surface area contributed by atoms with Crippen molar-refractivity contribution in [2.45, 2.75) is 0 Å². The molecule has 1 rings (SSSR count). The van der Waals surface area contributed by atoms with Gasteiger partial charge in [0.25, 0.3) is 0 Å². The van der Waals surface area contributed by atoms with Crippen LogP contribution in [0.25, 0.3) is 6.08 Å². The zero-order valence-electron chi connectivity index (χ0n) is 7.99. The number of hydrogen-bond acceptors (Lipinski definition) is 2. The van der Waals surface area contributed by atoms with Crippen molar-refractivity contribution < 1.29 is 113 Å². The Hall–Kier alpha value is 2.22. The van der Waals surface area contributed by atoms with Crippen LogP contribution in [0, 0.1) is 0 Å². The van der Waals surface area contributed by atoms with E-state index in [1.807, 2.05) is 0 Å². The van der Waals surface area contributed by atoms with Gasteiger partial charge in [-0.1, -0.05) is 44.0 Å². The first-order valence-electron chi connectivity index (χ1n) is 3.28. The van der Waals surface area contributed by atoms with Crippen LogP contribution in [0.15, 0.2) is 30.8 Å². The normalized spacial score (nSPS) is 7.85. The Kier molecular flexibility index (Phi) is 12.8. The van der Waals surface area contributed by atoms with Gasteiger partial charge in [-0.2, -0.15) is 0 Å². The SMILES string of the molecule is C=Cc1ccc(B([O-])[O-])cc1.[K+].[K+]. The summed E-state index contributed by atoms with van der Waals surface area (Å²) in [5.74, 6) is 0. The molecule has 0 bridgehead atoms. The van der Waals surface area contributed by atoms with Crippen LogP contribution in [-0.2, 0) is 0 Å². The molecule has 2 nitrogen and oxygen atoms in total. The fourth-order valence-corrected chi connectivity index (χ4v) is 0.789. The third kappa shape index (κ3) is 6.39. The van der Waals surface area contributed by atoms with Crippen molar-refractivity contribution in [2.24, 2.45) is 0 Å². The summed E-state index contributed by atoms with van der Waals surface area (Å²) in [5, 5.41) is 20.7. The Morgan fingerprint density at radius 2 is 1.54 bits per heavy atom. The standard InChI is InChI=1S/C8H7BO2.2K/c1-2-7-3-5-8(6-4-7)9(10)11;;/h2-6H,1H2;;/q-2;2*+1. The Morgan fingerprint density at radius 3 is 1.85 bits per heavy atom. The first-order chi connectivity index (χ1) is 5.24. The Bertz CT molecular complexity index is 249. The molecule has 0 N–H and O–H groups in total. The molecule has 0 aliphatic rings.